The molecule has 1 rings (SSSR count). The summed E-state index contributed by atoms with van der Waals surface area (Å²) in [7, 11) is 0. The summed E-state index contributed by atoms with van der Waals surface area (Å²) >= 11 is 3.09. The molecular formula is C10H10BrFO2. The van der Waals surface area contributed by atoms with Crippen LogP contribution < -0.4 is 0 Å². The number of carbonyl (C=O) groups excluding carboxylic acids is 1. The molecule has 0 aliphatic rings. The van der Waals surface area contributed by atoms with E-state index >= 15 is 0 Å². The second-order valence-electron chi connectivity index (χ2n) is 2.64. The van der Waals surface area contributed by atoms with Crippen LogP contribution in [0.25, 0.3) is 0 Å². The molecule has 1 aromatic rings. The van der Waals surface area contributed by atoms with Crippen molar-refractivity contribution in [2.45, 2.75) is 11.8 Å². The third-order valence-electron chi connectivity index (χ3n) is 1.67. The van der Waals surface area contributed by atoms with Crippen LogP contribution in [-0.4, -0.2) is 12.6 Å². The first-order chi connectivity index (χ1) is 6.66. The Kier molecular flexibility index (Phi) is 4.07. The van der Waals surface area contributed by atoms with E-state index in [0.29, 0.717) is 5.56 Å². The number of halogens is 2. The number of alkyl halides is 1. The maximum Gasteiger partial charge on any atom is 0.324 e. The molecule has 0 fully saturated rings. The fourth-order valence-corrected chi connectivity index (χ4v) is 1.53. The zero-order chi connectivity index (χ0) is 10.6. The molecule has 0 aliphatic carbocycles. The zero-order valence-electron chi connectivity index (χ0n) is 7.67. The lowest BCUT2D eigenvalue weighted by molar-refractivity contribution is -0.142. The van der Waals surface area contributed by atoms with Crippen LogP contribution in [0.2, 0.25) is 0 Å². The van der Waals surface area contributed by atoms with E-state index in [1.54, 1.807) is 25.1 Å². The van der Waals surface area contributed by atoms with E-state index in [4.69, 9.17) is 4.74 Å². The van der Waals surface area contributed by atoms with Crippen LogP contribution in [0.1, 0.15) is 17.3 Å². The van der Waals surface area contributed by atoms with E-state index in [2.05, 4.69) is 15.9 Å². The average Bonchev–Trinajstić information content (AvgIpc) is 2.18. The molecule has 0 spiro atoms. The predicted octanol–water partition coefficient (Wildman–Crippen LogP) is 2.82. The maximum absolute atomic E-state index is 13.2. The highest BCUT2D eigenvalue weighted by atomic mass is 79.9. The molecule has 1 atom stereocenters. The number of rotatable bonds is 3. The van der Waals surface area contributed by atoms with Gasteiger partial charge >= 0.3 is 5.97 Å². The smallest absolute Gasteiger partial charge is 0.324 e. The molecule has 4 heteroatoms. The molecule has 0 saturated heterocycles. The van der Waals surface area contributed by atoms with Crippen molar-refractivity contribution >= 4 is 21.9 Å². The molecular weight excluding hydrogens is 251 g/mol. The monoisotopic (exact) mass is 260 g/mol. The first-order valence-electron chi connectivity index (χ1n) is 4.22. The van der Waals surface area contributed by atoms with E-state index in [-0.39, 0.29) is 6.61 Å². The Bertz CT molecular complexity index is 328. The Labute approximate surface area is 90.2 Å². The van der Waals surface area contributed by atoms with Crippen molar-refractivity contribution < 1.29 is 13.9 Å². The van der Waals surface area contributed by atoms with Gasteiger partial charge in [-0.2, -0.15) is 0 Å². The van der Waals surface area contributed by atoms with Gasteiger partial charge in [0.2, 0.25) is 0 Å². The molecule has 0 radical (unpaired) electrons. The minimum absolute atomic E-state index is 0.287. The molecule has 1 aromatic carbocycles. The average molecular weight is 261 g/mol. The SMILES string of the molecule is CCOC(=O)C(Br)c1ccccc1F. The molecule has 76 valence electrons. The Morgan fingerprint density at radius 3 is 2.79 bits per heavy atom. The summed E-state index contributed by atoms with van der Waals surface area (Å²) < 4.78 is 18.0. The summed E-state index contributed by atoms with van der Waals surface area (Å²) in [6.07, 6.45) is 0. The third-order valence-corrected chi connectivity index (χ3v) is 2.54. The van der Waals surface area contributed by atoms with E-state index in [0.717, 1.165) is 0 Å². The minimum atomic E-state index is -0.733. The van der Waals surface area contributed by atoms with Crippen molar-refractivity contribution in [2.24, 2.45) is 0 Å². The maximum atomic E-state index is 13.2. The Morgan fingerprint density at radius 2 is 2.21 bits per heavy atom. The van der Waals surface area contributed by atoms with Gasteiger partial charge in [-0.25, -0.2) is 4.39 Å². The van der Waals surface area contributed by atoms with Crippen LogP contribution in [0.5, 0.6) is 0 Å². The number of hydrogen-bond donors (Lipinski definition) is 0. The van der Waals surface area contributed by atoms with Crippen LogP contribution >= 0.6 is 15.9 Å². The first kappa shape index (κ1) is 11.2. The third kappa shape index (κ3) is 2.54. The van der Waals surface area contributed by atoms with Gasteiger partial charge in [-0.15, -0.1) is 0 Å². The predicted molar refractivity (Wildman–Crippen MR) is 54.7 cm³/mol. The summed E-state index contributed by atoms with van der Waals surface area (Å²) in [5, 5.41) is 0. The van der Waals surface area contributed by atoms with E-state index in [9.17, 15) is 9.18 Å². The number of ether oxygens (including phenoxy) is 1. The van der Waals surface area contributed by atoms with Crippen molar-refractivity contribution in [3.05, 3.63) is 35.6 Å². The molecule has 0 amide bonds. The van der Waals surface area contributed by atoms with Crippen LogP contribution in [0.3, 0.4) is 0 Å². The van der Waals surface area contributed by atoms with Gasteiger partial charge in [0.15, 0.2) is 0 Å². The summed E-state index contributed by atoms with van der Waals surface area (Å²) in [5.41, 5.74) is 0.297. The highest BCUT2D eigenvalue weighted by molar-refractivity contribution is 9.09. The standard InChI is InChI=1S/C10H10BrFO2/c1-2-14-10(13)9(11)7-5-3-4-6-8(7)12/h3-6,9H,2H2,1H3. The van der Waals surface area contributed by atoms with E-state index < -0.39 is 16.6 Å². The van der Waals surface area contributed by atoms with Gasteiger partial charge in [-0.3, -0.25) is 4.79 Å². The topological polar surface area (TPSA) is 26.3 Å². The normalized spacial score (nSPS) is 12.2. The number of carbonyl (C=O) groups is 1. The molecule has 0 saturated carbocycles. The van der Waals surface area contributed by atoms with Gasteiger partial charge < -0.3 is 4.74 Å². The Hall–Kier alpha value is -0.900. The molecule has 0 bridgehead atoms. The summed E-state index contributed by atoms with van der Waals surface area (Å²) in [6, 6.07) is 6.10. The summed E-state index contributed by atoms with van der Waals surface area (Å²) in [6.45, 7) is 1.99. The number of esters is 1. The fraction of sp³-hybridized carbons (Fsp3) is 0.300. The molecule has 0 aromatic heterocycles. The van der Waals surface area contributed by atoms with Gasteiger partial charge in [0.05, 0.1) is 6.61 Å². The largest absolute Gasteiger partial charge is 0.465 e. The first-order valence-corrected chi connectivity index (χ1v) is 5.13. The lowest BCUT2D eigenvalue weighted by atomic mass is 10.1. The van der Waals surface area contributed by atoms with Gasteiger partial charge in [0.1, 0.15) is 10.6 Å². The summed E-state index contributed by atoms with van der Waals surface area (Å²) in [5.74, 6) is -0.889. The van der Waals surface area contributed by atoms with E-state index in [1.807, 2.05) is 0 Å². The van der Waals surface area contributed by atoms with Gasteiger partial charge in [-0.05, 0) is 13.0 Å². The van der Waals surface area contributed by atoms with E-state index in [1.165, 1.54) is 6.07 Å². The van der Waals surface area contributed by atoms with Crippen molar-refractivity contribution in [1.82, 2.24) is 0 Å². The molecule has 0 heterocycles. The molecule has 0 N–H and O–H groups in total. The lowest BCUT2D eigenvalue weighted by Crippen LogP contribution is -2.11. The summed E-state index contributed by atoms with van der Waals surface area (Å²) in [4.78, 5) is 10.5. The molecule has 2 nitrogen and oxygen atoms in total. The van der Waals surface area contributed by atoms with Crippen molar-refractivity contribution in [3.8, 4) is 0 Å². The van der Waals surface area contributed by atoms with Crippen LogP contribution in [-0.2, 0) is 9.53 Å². The second-order valence-corrected chi connectivity index (χ2v) is 3.55. The van der Waals surface area contributed by atoms with Crippen LogP contribution in [0, 0.1) is 5.82 Å². The van der Waals surface area contributed by atoms with Gasteiger partial charge in [0, 0.05) is 5.56 Å². The molecule has 0 aliphatic heterocycles. The molecule has 14 heavy (non-hydrogen) atoms. The quantitative estimate of drug-likeness (QED) is 0.617. The Balaban J connectivity index is 2.84. The van der Waals surface area contributed by atoms with Crippen molar-refractivity contribution in [2.75, 3.05) is 6.61 Å². The molecule has 1 unspecified atom stereocenters. The van der Waals surface area contributed by atoms with Crippen LogP contribution in [0.4, 0.5) is 4.39 Å². The Morgan fingerprint density at radius 1 is 1.57 bits per heavy atom. The van der Waals surface area contributed by atoms with Crippen LogP contribution in [0.15, 0.2) is 24.3 Å². The highest BCUT2D eigenvalue weighted by Gasteiger charge is 2.20. The minimum Gasteiger partial charge on any atom is -0.465 e. The number of benzene rings is 1. The fourth-order valence-electron chi connectivity index (χ4n) is 1.02. The van der Waals surface area contributed by atoms with Crippen molar-refractivity contribution in [1.29, 1.82) is 0 Å². The van der Waals surface area contributed by atoms with Gasteiger partial charge in [-0.1, -0.05) is 34.1 Å². The number of hydrogen-bond acceptors (Lipinski definition) is 2. The zero-order valence-corrected chi connectivity index (χ0v) is 9.25. The highest BCUT2D eigenvalue weighted by Crippen LogP contribution is 2.26. The van der Waals surface area contributed by atoms with Crippen molar-refractivity contribution in [3.63, 3.8) is 0 Å². The lowest BCUT2D eigenvalue weighted by Gasteiger charge is -2.09. The second kappa shape index (κ2) is 5.10. The van der Waals surface area contributed by atoms with Gasteiger partial charge in [0.25, 0.3) is 0 Å².